The zero-order valence-corrected chi connectivity index (χ0v) is 18.0. The number of para-hydroxylation sites is 1. The smallest absolute Gasteiger partial charge is 0.337 e. The van der Waals surface area contributed by atoms with Crippen LogP contribution in [0.1, 0.15) is 60.1 Å². The summed E-state index contributed by atoms with van der Waals surface area (Å²) >= 11 is 0. The second-order valence-electron chi connectivity index (χ2n) is 8.25. The van der Waals surface area contributed by atoms with Crippen molar-refractivity contribution in [2.75, 3.05) is 5.32 Å². The number of hydrogen-bond acceptors (Lipinski definition) is 5. The van der Waals surface area contributed by atoms with E-state index in [1.165, 1.54) is 4.57 Å². The minimum absolute atomic E-state index is 0.0856. The van der Waals surface area contributed by atoms with Crippen molar-refractivity contribution >= 4 is 22.6 Å². The highest BCUT2D eigenvalue weighted by Gasteiger charge is 2.22. The van der Waals surface area contributed by atoms with Crippen molar-refractivity contribution in [3.63, 3.8) is 0 Å². The molecule has 0 unspecified atom stereocenters. The van der Waals surface area contributed by atoms with E-state index in [9.17, 15) is 14.7 Å². The quantitative estimate of drug-likeness (QED) is 0.611. The molecule has 0 radical (unpaired) electrons. The summed E-state index contributed by atoms with van der Waals surface area (Å²) in [5.74, 6) is -0.997. The number of aryl methyl sites for hydroxylation is 1. The van der Waals surface area contributed by atoms with Gasteiger partial charge in [-0.1, -0.05) is 18.2 Å². The van der Waals surface area contributed by atoms with Gasteiger partial charge in [-0.2, -0.15) is 4.98 Å². The number of ether oxygens (including phenoxy) is 1. The molecule has 1 heterocycles. The van der Waals surface area contributed by atoms with Crippen molar-refractivity contribution in [2.24, 2.45) is 7.05 Å². The number of rotatable bonds is 6. The van der Waals surface area contributed by atoms with Crippen molar-refractivity contribution < 1.29 is 14.6 Å². The van der Waals surface area contributed by atoms with Gasteiger partial charge in [0.25, 0.3) is 11.6 Å². The van der Waals surface area contributed by atoms with E-state index < -0.39 is 5.97 Å². The number of nitrogens with one attached hydrogen (secondary N) is 1. The van der Waals surface area contributed by atoms with Crippen LogP contribution in [0.15, 0.2) is 41.2 Å². The Kier molecular flexibility index (Phi) is 5.67. The van der Waals surface area contributed by atoms with Gasteiger partial charge in [0.15, 0.2) is 0 Å². The maximum Gasteiger partial charge on any atom is 0.337 e. The van der Waals surface area contributed by atoms with Crippen LogP contribution in [0, 0.1) is 6.92 Å². The molecule has 2 N–H and O–H groups in total. The third-order valence-electron chi connectivity index (χ3n) is 5.88. The first kappa shape index (κ1) is 20.9. The number of fused-ring (bicyclic) bond motifs is 1. The van der Waals surface area contributed by atoms with E-state index in [1.54, 1.807) is 31.3 Å². The average Bonchev–Trinajstić information content (AvgIpc) is 3.25. The number of nitrogens with zero attached hydrogens (tertiary/aromatic N) is 2. The Morgan fingerprint density at radius 2 is 1.97 bits per heavy atom. The van der Waals surface area contributed by atoms with Crippen molar-refractivity contribution in [1.82, 2.24) is 9.55 Å². The van der Waals surface area contributed by atoms with Gasteiger partial charge in [-0.05, 0) is 63.3 Å². The fourth-order valence-electron chi connectivity index (χ4n) is 4.23. The van der Waals surface area contributed by atoms with E-state index in [2.05, 4.69) is 5.32 Å². The number of aromatic nitrogens is 2. The molecule has 1 aromatic heterocycles. The third kappa shape index (κ3) is 4.13. The molecule has 0 saturated heterocycles. The van der Waals surface area contributed by atoms with Gasteiger partial charge in [0, 0.05) is 18.3 Å². The molecule has 1 aliphatic rings. The Bertz CT molecular complexity index is 1200. The zero-order chi connectivity index (χ0) is 22.1. The predicted octanol–water partition coefficient (Wildman–Crippen LogP) is 4.43. The number of carboxylic acid groups (broad SMARTS) is 1. The Labute approximate surface area is 180 Å². The maximum atomic E-state index is 13.1. The van der Waals surface area contributed by atoms with Gasteiger partial charge in [-0.15, -0.1) is 0 Å². The molecule has 4 rings (SSSR count). The minimum atomic E-state index is -0.997. The number of benzene rings is 2. The molecule has 0 amide bonds. The summed E-state index contributed by atoms with van der Waals surface area (Å²) < 4.78 is 7.56. The molecule has 1 aliphatic carbocycles. The Balaban J connectivity index is 1.78. The molecule has 2 aromatic carbocycles. The summed E-state index contributed by atoms with van der Waals surface area (Å²) in [6.45, 7) is 3.87. The van der Waals surface area contributed by atoms with Gasteiger partial charge < -0.3 is 15.2 Å². The van der Waals surface area contributed by atoms with E-state index in [1.807, 2.05) is 26.0 Å². The molecule has 3 aromatic rings. The molecule has 0 spiro atoms. The topological polar surface area (TPSA) is 93.4 Å². The molecular weight excluding hydrogens is 394 g/mol. The standard InChI is InChI=1S/C24H27N3O4/c1-14-12-18(15(2)25-20-11-7-6-10-17(20)23(29)30)21-19(13-14)22(28)27(3)24(26-21)31-16-8-4-5-9-16/h6-7,10-13,15-16,25H,4-5,8-9H2,1-3H3,(H,29,30)/t15-/m1/s1. The molecule has 1 fully saturated rings. The first-order valence-electron chi connectivity index (χ1n) is 10.6. The van der Waals surface area contributed by atoms with Crippen molar-refractivity contribution in [3.8, 4) is 6.01 Å². The van der Waals surface area contributed by atoms with Crippen LogP contribution in [0.2, 0.25) is 0 Å². The number of carboxylic acids is 1. The van der Waals surface area contributed by atoms with Crippen LogP contribution in [-0.4, -0.2) is 26.7 Å². The fourth-order valence-corrected chi connectivity index (χ4v) is 4.23. The predicted molar refractivity (Wildman–Crippen MR) is 120 cm³/mol. The Morgan fingerprint density at radius 3 is 2.68 bits per heavy atom. The van der Waals surface area contributed by atoms with Crippen molar-refractivity contribution in [1.29, 1.82) is 0 Å². The highest BCUT2D eigenvalue weighted by atomic mass is 16.5. The average molecular weight is 421 g/mol. The normalized spacial score (nSPS) is 15.2. The number of aromatic carboxylic acids is 1. The summed E-state index contributed by atoms with van der Waals surface area (Å²) in [6, 6.07) is 10.7. The third-order valence-corrected chi connectivity index (χ3v) is 5.88. The summed E-state index contributed by atoms with van der Waals surface area (Å²) in [5.41, 5.74) is 2.90. The zero-order valence-electron chi connectivity index (χ0n) is 18.0. The van der Waals surface area contributed by atoms with Gasteiger partial charge in [-0.3, -0.25) is 9.36 Å². The molecule has 7 nitrogen and oxygen atoms in total. The monoisotopic (exact) mass is 421 g/mol. The lowest BCUT2D eigenvalue weighted by atomic mass is 10.0. The molecule has 1 saturated carbocycles. The van der Waals surface area contributed by atoms with Gasteiger partial charge in [0.1, 0.15) is 6.10 Å². The molecular formula is C24H27N3O4. The van der Waals surface area contributed by atoms with Crippen molar-refractivity contribution in [3.05, 3.63) is 63.4 Å². The lowest BCUT2D eigenvalue weighted by molar-refractivity contribution is 0.0698. The van der Waals surface area contributed by atoms with Crippen LogP contribution >= 0.6 is 0 Å². The summed E-state index contributed by atoms with van der Waals surface area (Å²) in [7, 11) is 1.69. The van der Waals surface area contributed by atoms with Crippen LogP contribution in [0.4, 0.5) is 5.69 Å². The molecule has 162 valence electrons. The van der Waals surface area contributed by atoms with E-state index in [0.717, 1.165) is 36.8 Å². The number of anilines is 1. The Morgan fingerprint density at radius 1 is 1.26 bits per heavy atom. The second kappa shape index (κ2) is 8.41. The van der Waals surface area contributed by atoms with Crippen LogP contribution in [-0.2, 0) is 7.05 Å². The van der Waals surface area contributed by atoms with Crippen LogP contribution < -0.4 is 15.6 Å². The molecule has 7 heteroatoms. The van der Waals surface area contributed by atoms with Gasteiger partial charge in [0.05, 0.1) is 22.5 Å². The largest absolute Gasteiger partial charge is 0.478 e. The van der Waals surface area contributed by atoms with Gasteiger partial charge in [0.2, 0.25) is 0 Å². The molecule has 0 bridgehead atoms. The lowest BCUT2D eigenvalue weighted by Crippen LogP contribution is -2.25. The first-order valence-corrected chi connectivity index (χ1v) is 10.6. The first-order chi connectivity index (χ1) is 14.8. The van der Waals surface area contributed by atoms with E-state index in [0.29, 0.717) is 22.6 Å². The van der Waals surface area contributed by atoms with E-state index in [-0.39, 0.29) is 23.3 Å². The SMILES string of the molecule is Cc1cc([C@@H](C)Nc2ccccc2C(=O)O)c2nc(OC3CCCC3)n(C)c(=O)c2c1. The highest BCUT2D eigenvalue weighted by Crippen LogP contribution is 2.29. The summed E-state index contributed by atoms with van der Waals surface area (Å²) in [4.78, 5) is 29.4. The van der Waals surface area contributed by atoms with E-state index >= 15 is 0 Å². The van der Waals surface area contributed by atoms with Crippen LogP contribution in [0.5, 0.6) is 6.01 Å². The van der Waals surface area contributed by atoms with Crippen LogP contribution in [0.25, 0.3) is 10.9 Å². The Hall–Kier alpha value is -3.35. The molecule has 31 heavy (non-hydrogen) atoms. The fraction of sp³-hybridized carbons (Fsp3) is 0.375. The lowest BCUT2D eigenvalue weighted by Gasteiger charge is -2.21. The number of carbonyl (C=O) groups is 1. The minimum Gasteiger partial charge on any atom is -0.478 e. The summed E-state index contributed by atoms with van der Waals surface area (Å²) in [5, 5.41) is 13.3. The van der Waals surface area contributed by atoms with E-state index in [4.69, 9.17) is 9.72 Å². The summed E-state index contributed by atoms with van der Waals surface area (Å²) in [6.07, 6.45) is 4.28. The highest BCUT2D eigenvalue weighted by molar-refractivity contribution is 5.94. The second-order valence-corrected chi connectivity index (χ2v) is 8.25. The molecule has 0 aliphatic heterocycles. The van der Waals surface area contributed by atoms with Gasteiger partial charge >= 0.3 is 5.97 Å². The van der Waals surface area contributed by atoms with Gasteiger partial charge in [-0.25, -0.2) is 4.79 Å². The number of hydrogen-bond donors (Lipinski definition) is 2. The van der Waals surface area contributed by atoms with Crippen LogP contribution in [0.3, 0.4) is 0 Å². The maximum absolute atomic E-state index is 13.1. The molecule has 1 atom stereocenters. The van der Waals surface area contributed by atoms with Crippen molar-refractivity contribution in [2.45, 2.75) is 51.7 Å².